The van der Waals surface area contributed by atoms with Crippen LogP contribution in [-0.2, 0) is 26.3 Å². The Balaban J connectivity index is 1.34. The average molecular weight is 584 g/mol. The van der Waals surface area contributed by atoms with E-state index in [1.54, 1.807) is 9.69 Å². The van der Waals surface area contributed by atoms with Crippen LogP contribution in [0.25, 0.3) is 16.2 Å². The molecule has 6 atom stereocenters. The number of aryl methyl sites for hydroxylation is 1. The number of hydrogen-bond donors (Lipinski definition) is 2. The van der Waals surface area contributed by atoms with Crippen LogP contribution in [0.5, 0.6) is 0 Å². The molecule has 1 saturated carbocycles. The molecule has 224 valence electrons. The molecule has 3 aliphatic rings. The highest BCUT2D eigenvalue weighted by atomic mass is 16.5. The molecule has 2 aliphatic heterocycles. The predicted molar refractivity (Wildman–Crippen MR) is 161 cm³/mol. The number of aromatic nitrogens is 3. The number of benzene rings is 2. The normalized spacial score (nSPS) is 27.9. The molecule has 11 heteroatoms. The third-order valence-corrected chi connectivity index (χ3v) is 9.78. The number of piperidine rings is 1. The molecular weight excluding hydrogens is 546 g/mol. The van der Waals surface area contributed by atoms with E-state index in [-0.39, 0.29) is 17.7 Å². The van der Waals surface area contributed by atoms with Crippen LogP contribution in [-0.4, -0.2) is 76.9 Å². The van der Waals surface area contributed by atoms with E-state index in [9.17, 15) is 14.7 Å². The lowest BCUT2D eigenvalue weighted by molar-refractivity contribution is -0.160. The minimum atomic E-state index is -1.07. The van der Waals surface area contributed by atoms with E-state index in [4.69, 9.17) is 11.3 Å². The summed E-state index contributed by atoms with van der Waals surface area (Å²) in [7, 11) is 5.33. The van der Waals surface area contributed by atoms with Crippen molar-refractivity contribution in [3.63, 3.8) is 0 Å². The second-order valence-corrected chi connectivity index (χ2v) is 12.1. The van der Waals surface area contributed by atoms with Crippen LogP contribution < -0.4 is 10.2 Å². The zero-order valence-electron chi connectivity index (χ0n) is 24.7. The van der Waals surface area contributed by atoms with Gasteiger partial charge in [0, 0.05) is 37.6 Å². The minimum absolute atomic E-state index is 0.0476. The first-order valence-corrected chi connectivity index (χ1v) is 14.8. The van der Waals surface area contributed by atoms with Gasteiger partial charge in [0.1, 0.15) is 17.2 Å². The number of amides is 1. The van der Waals surface area contributed by atoms with Crippen LogP contribution in [0.2, 0.25) is 0 Å². The fourth-order valence-electron chi connectivity index (χ4n) is 7.55. The third kappa shape index (κ3) is 4.89. The zero-order valence-corrected chi connectivity index (χ0v) is 24.7. The number of fused-ring (bicyclic) bond motifs is 2. The highest BCUT2D eigenvalue weighted by molar-refractivity contribution is 6.07. The quantitative estimate of drug-likeness (QED) is 0.321. The number of ether oxygens (including phenoxy) is 1. The van der Waals surface area contributed by atoms with Crippen LogP contribution in [0.1, 0.15) is 31.2 Å². The summed E-state index contributed by atoms with van der Waals surface area (Å²) in [4.78, 5) is 33.0. The largest absolute Gasteiger partial charge is 0.469 e. The molecule has 1 saturated heterocycles. The van der Waals surface area contributed by atoms with Crippen molar-refractivity contribution in [2.75, 3.05) is 38.0 Å². The van der Waals surface area contributed by atoms with Gasteiger partial charge < -0.3 is 20.1 Å². The first-order chi connectivity index (χ1) is 20.8. The van der Waals surface area contributed by atoms with E-state index < -0.39 is 29.4 Å². The van der Waals surface area contributed by atoms with Gasteiger partial charge in [0.15, 0.2) is 0 Å². The van der Waals surface area contributed by atoms with Crippen LogP contribution in [0.3, 0.4) is 0 Å². The summed E-state index contributed by atoms with van der Waals surface area (Å²) in [6, 6.07) is 15.2. The van der Waals surface area contributed by atoms with Gasteiger partial charge in [-0.25, -0.2) is 0 Å². The maximum atomic E-state index is 14.1. The lowest BCUT2D eigenvalue weighted by Gasteiger charge is -2.49. The maximum absolute atomic E-state index is 14.1. The summed E-state index contributed by atoms with van der Waals surface area (Å²) in [5, 5.41) is 24.5. The summed E-state index contributed by atoms with van der Waals surface area (Å²) >= 11 is 0. The van der Waals surface area contributed by atoms with Crippen LogP contribution in [0.15, 0.2) is 54.7 Å². The summed E-state index contributed by atoms with van der Waals surface area (Å²) in [5.74, 6) is -1.45. The van der Waals surface area contributed by atoms with Gasteiger partial charge >= 0.3 is 5.97 Å². The molecule has 43 heavy (non-hydrogen) atoms. The number of methoxy groups -OCH3 is 1. The number of nitrogens with one attached hydrogen (secondary N) is 1. The molecule has 1 aliphatic carbocycles. The summed E-state index contributed by atoms with van der Waals surface area (Å²) in [5.41, 5.74) is 3.25. The second kappa shape index (κ2) is 11.3. The standard InChI is InChI=1S/C32H37N7O4/c1-33-39-18-21-11-14-27(40)29(30(41)43-4)23(21)17-28(39)32(24-7-5-6-8-25(24)34-31(32)42)15-16-38-19-26(35-36-38)20-9-12-22(13-10-20)37(2)3/h5-10,12-13,19,21,23,27-29,40H,11,14-18H2,2-4H3,(H,34,42)/t21-,23-,27-,28-,29+,32-/m0/s1. The highest BCUT2D eigenvalue weighted by Crippen LogP contribution is 2.52. The van der Waals surface area contributed by atoms with Gasteiger partial charge in [0.05, 0.1) is 31.9 Å². The molecule has 1 aromatic heterocycles. The molecule has 3 heterocycles. The lowest BCUT2D eigenvalue weighted by atomic mass is 9.60. The Hall–Kier alpha value is -4.43. The molecule has 11 nitrogen and oxygen atoms in total. The Kier molecular flexibility index (Phi) is 7.56. The van der Waals surface area contributed by atoms with Crippen molar-refractivity contribution in [3.05, 3.63) is 71.8 Å². The predicted octanol–water partition coefficient (Wildman–Crippen LogP) is 3.38. The van der Waals surface area contributed by atoms with E-state index in [1.807, 2.05) is 73.7 Å². The Morgan fingerprint density at radius 3 is 2.70 bits per heavy atom. The third-order valence-electron chi connectivity index (χ3n) is 9.78. The van der Waals surface area contributed by atoms with Gasteiger partial charge in [-0.15, -0.1) is 10.1 Å². The highest BCUT2D eigenvalue weighted by Gasteiger charge is 2.60. The van der Waals surface area contributed by atoms with Crippen molar-refractivity contribution in [2.24, 2.45) is 17.8 Å². The van der Waals surface area contributed by atoms with E-state index in [2.05, 4.69) is 20.6 Å². The monoisotopic (exact) mass is 583 g/mol. The maximum Gasteiger partial charge on any atom is 0.311 e. The number of nitrogens with zero attached hydrogens (tertiary/aromatic N) is 6. The van der Waals surface area contributed by atoms with Gasteiger partial charge in [-0.05, 0) is 61.3 Å². The SMILES string of the molecule is [C-]#[N+]N1C[C@@H]2CC[C@H](O)[C@H](C(=O)OC)[C@H]2C[C@H]1[C@@]1(CCn2cc(-c3ccc(N(C)C)cc3)nn2)C(=O)Nc2ccccc21. The molecule has 2 N–H and O–H groups in total. The Morgan fingerprint density at radius 1 is 1.21 bits per heavy atom. The number of para-hydroxylation sites is 1. The van der Waals surface area contributed by atoms with Crippen LogP contribution in [0, 0.1) is 24.3 Å². The van der Waals surface area contributed by atoms with Gasteiger partial charge in [-0.1, -0.05) is 35.5 Å². The van der Waals surface area contributed by atoms with Crippen molar-refractivity contribution < 1.29 is 19.4 Å². The molecule has 0 bridgehead atoms. The minimum Gasteiger partial charge on any atom is -0.469 e. The van der Waals surface area contributed by atoms with Crippen molar-refractivity contribution in [1.29, 1.82) is 0 Å². The molecule has 0 radical (unpaired) electrons. The second-order valence-electron chi connectivity index (χ2n) is 12.1. The van der Waals surface area contributed by atoms with E-state index in [0.717, 1.165) is 28.2 Å². The summed E-state index contributed by atoms with van der Waals surface area (Å²) < 4.78 is 6.87. The first-order valence-electron chi connectivity index (χ1n) is 14.8. The van der Waals surface area contributed by atoms with Gasteiger partial charge in [0.25, 0.3) is 0 Å². The Bertz CT molecular complexity index is 1550. The summed E-state index contributed by atoms with van der Waals surface area (Å²) in [6.45, 7) is 8.94. The van der Waals surface area contributed by atoms with Gasteiger partial charge in [-0.2, -0.15) is 11.5 Å². The van der Waals surface area contributed by atoms with Crippen molar-refractivity contribution in [1.82, 2.24) is 20.0 Å². The van der Waals surface area contributed by atoms with Gasteiger partial charge in [0.2, 0.25) is 5.91 Å². The number of anilines is 2. The van der Waals surface area contributed by atoms with Crippen molar-refractivity contribution in [3.8, 4) is 11.3 Å². The number of esters is 1. The van der Waals surface area contributed by atoms with Crippen LogP contribution in [0.4, 0.5) is 11.4 Å². The smallest absolute Gasteiger partial charge is 0.311 e. The topological polar surface area (TPSA) is 117 Å². The molecule has 6 rings (SSSR count). The van der Waals surface area contributed by atoms with Gasteiger partial charge in [-0.3, -0.25) is 14.3 Å². The number of rotatable bonds is 7. The zero-order chi connectivity index (χ0) is 30.3. The Labute approximate surface area is 251 Å². The molecule has 2 aromatic carbocycles. The van der Waals surface area contributed by atoms with E-state index in [0.29, 0.717) is 38.8 Å². The van der Waals surface area contributed by atoms with Crippen LogP contribution >= 0.6 is 0 Å². The molecule has 2 fully saturated rings. The molecule has 0 unspecified atom stereocenters. The Morgan fingerprint density at radius 2 is 1.98 bits per heavy atom. The van der Waals surface area contributed by atoms with Crippen molar-refractivity contribution >= 4 is 23.3 Å². The molecule has 0 spiro atoms. The fourth-order valence-corrected chi connectivity index (χ4v) is 7.55. The number of aliphatic hydroxyl groups excluding tert-OH is 1. The lowest BCUT2D eigenvalue weighted by Crippen LogP contribution is -2.60. The van der Waals surface area contributed by atoms with Crippen molar-refractivity contribution in [2.45, 2.75) is 49.8 Å². The first kappa shape index (κ1) is 28.7. The molecular formula is C32H37N7O4. The summed E-state index contributed by atoms with van der Waals surface area (Å²) in [6.07, 6.45) is 3.05. The van der Waals surface area contributed by atoms with E-state index >= 15 is 0 Å². The van der Waals surface area contributed by atoms with E-state index in [1.165, 1.54) is 7.11 Å². The molecule has 3 aromatic rings. The average Bonchev–Trinajstić information content (AvgIpc) is 3.61. The molecule has 1 amide bonds. The number of carbonyl (C=O) groups excluding carboxylic acids is 2. The number of aliphatic hydroxyl groups is 1. The number of carbonyl (C=O) groups is 2. The fraction of sp³-hybridized carbons (Fsp3) is 0.469. The number of hydrogen-bond acceptors (Lipinski definition) is 8.